The van der Waals surface area contributed by atoms with Crippen LogP contribution in [0.3, 0.4) is 0 Å². The highest BCUT2D eigenvalue weighted by Gasteiger charge is 2.60. The lowest BCUT2D eigenvalue weighted by molar-refractivity contribution is -0.153. The number of allylic oxidation sites excluding steroid dienone is 1. The zero-order chi connectivity index (χ0) is 12.3. The molecule has 0 radical (unpaired) electrons. The summed E-state index contributed by atoms with van der Waals surface area (Å²) in [6.07, 6.45) is 10.4. The van der Waals surface area contributed by atoms with Gasteiger partial charge in [-0.2, -0.15) is 0 Å². The lowest BCUT2D eigenvalue weighted by Gasteiger charge is -2.65. The molecule has 4 saturated carbocycles. The Hall–Kier alpha value is -0.590. The van der Waals surface area contributed by atoms with Crippen LogP contribution in [0.4, 0.5) is 0 Å². The van der Waals surface area contributed by atoms with Crippen molar-refractivity contribution in [3.8, 4) is 0 Å². The molecule has 2 unspecified atom stereocenters. The molecule has 0 heterocycles. The molecule has 0 amide bonds. The zero-order valence-corrected chi connectivity index (χ0v) is 11.2. The van der Waals surface area contributed by atoms with Crippen molar-refractivity contribution in [2.45, 2.75) is 58.8 Å². The molecule has 4 aliphatic carbocycles. The summed E-state index contributed by atoms with van der Waals surface area (Å²) in [5, 5.41) is 0. The van der Waals surface area contributed by atoms with Gasteiger partial charge in [-0.25, -0.2) is 0 Å². The fourth-order valence-corrected chi connectivity index (χ4v) is 6.32. The smallest absolute Gasteiger partial charge is 0.155 e. The Morgan fingerprint density at radius 1 is 1.18 bits per heavy atom. The van der Waals surface area contributed by atoms with Crippen LogP contribution in [0.1, 0.15) is 58.8 Å². The van der Waals surface area contributed by atoms with Crippen LogP contribution in [-0.2, 0) is 4.79 Å². The Labute approximate surface area is 105 Å². The van der Waals surface area contributed by atoms with Gasteiger partial charge in [-0.1, -0.05) is 20.4 Å². The van der Waals surface area contributed by atoms with E-state index in [9.17, 15) is 4.79 Å². The summed E-state index contributed by atoms with van der Waals surface area (Å²) in [5.74, 6) is 1.15. The van der Waals surface area contributed by atoms with E-state index in [0.717, 1.165) is 12.3 Å². The molecule has 4 bridgehead atoms. The number of hydrogen-bond donors (Lipinski definition) is 0. The molecule has 17 heavy (non-hydrogen) atoms. The molecule has 0 saturated heterocycles. The highest BCUT2D eigenvalue weighted by atomic mass is 16.1. The van der Waals surface area contributed by atoms with Gasteiger partial charge in [0.05, 0.1) is 0 Å². The van der Waals surface area contributed by atoms with E-state index in [-0.39, 0.29) is 5.78 Å². The summed E-state index contributed by atoms with van der Waals surface area (Å²) in [6.45, 7) is 8.57. The van der Waals surface area contributed by atoms with Gasteiger partial charge in [-0.15, -0.1) is 0 Å². The van der Waals surface area contributed by atoms with Crippen LogP contribution >= 0.6 is 0 Å². The number of carbonyl (C=O) groups excluding carboxylic acids is 1. The summed E-state index contributed by atoms with van der Waals surface area (Å²) in [6, 6.07) is 0. The van der Waals surface area contributed by atoms with Gasteiger partial charge >= 0.3 is 0 Å². The van der Waals surface area contributed by atoms with E-state index in [0.29, 0.717) is 16.2 Å². The molecular formula is C16H24O. The maximum Gasteiger partial charge on any atom is 0.155 e. The van der Waals surface area contributed by atoms with E-state index >= 15 is 0 Å². The van der Waals surface area contributed by atoms with Crippen LogP contribution < -0.4 is 0 Å². The SMILES string of the molecule is C=CC(=O)CC12CC3CC(C)(CC(C)(C3)C1)C2. The van der Waals surface area contributed by atoms with E-state index < -0.39 is 0 Å². The van der Waals surface area contributed by atoms with Crippen LogP contribution in [0.5, 0.6) is 0 Å². The number of ketones is 1. The lowest BCUT2D eigenvalue weighted by Crippen LogP contribution is -2.55. The van der Waals surface area contributed by atoms with Crippen LogP contribution in [-0.4, -0.2) is 5.78 Å². The molecule has 2 atom stereocenters. The Kier molecular flexibility index (Phi) is 2.19. The minimum Gasteiger partial charge on any atom is -0.295 e. The molecule has 4 rings (SSSR count). The summed E-state index contributed by atoms with van der Waals surface area (Å²) in [5.41, 5.74) is 1.37. The summed E-state index contributed by atoms with van der Waals surface area (Å²) in [7, 11) is 0. The molecule has 0 N–H and O–H groups in total. The minimum atomic E-state index is 0.263. The topological polar surface area (TPSA) is 17.1 Å². The summed E-state index contributed by atoms with van der Waals surface area (Å²) in [4.78, 5) is 11.8. The molecular weight excluding hydrogens is 208 g/mol. The van der Waals surface area contributed by atoms with Crippen molar-refractivity contribution < 1.29 is 4.79 Å². The summed E-state index contributed by atoms with van der Waals surface area (Å²) >= 11 is 0. The predicted molar refractivity (Wildman–Crippen MR) is 69.7 cm³/mol. The molecule has 0 spiro atoms. The minimum absolute atomic E-state index is 0.263. The normalized spacial score (nSPS) is 51.5. The maximum atomic E-state index is 11.8. The third-order valence-electron chi connectivity index (χ3n) is 5.52. The third-order valence-corrected chi connectivity index (χ3v) is 5.52. The van der Waals surface area contributed by atoms with Crippen molar-refractivity contribution in [1.29, 1.82) is 0 Å². The second kappa shape index (κ2) is 3.24. The van der Waals surface area contributed by atoms with Crippen molar-refractivity contribution in [2.75, 3.05) is 0 Å². The van der Waals surface area contributed by atoms with Crippen LogP contribution in [0.2, 0.25) is 0 Å². The molecule has 0 aromatic rings. The molecule has 1 heteroatoms. The van der Waals surface area contributed by atoms with E-state index in [4.69, 9.17) is 0 Å². The number of rotatable bonds is 3. The first-order valence-electron chi connectivity index (χ1n) is 7.01. The van der Waals surface area contributed by atoms with Crippen LogP contribution in [0.15, 0.2) is 12.7 Å². The molecule has 0 aliphatic heterocycles. The van der Waals surface area contributed by atoms with E-state index in [1.165, 1.54) is 44.6 Å². The van der Waals surface area contributed by atoms with Crippen molar-refractivity contribution in [3.05, 3.63) is 12.7 Å². The standard InChI is InChI=1S/C16H24O/c1-4-13(17)8-16-7-12-5-14(2,10-16)9-15(3,6-12)11-16/h4,12H,1,5-11H2,2-3H3. The van der Waals surface area contributed by atoms with Gasteiger partial charge in [0.2, 0.25) is 0 Å². The van der Waals surface area contributed by atoms with Gasteiger partial charge in [0, 0.05) is 6.42 Å². The Balaban J connectivity index is 1.92. The van der Waals surface area contributed by atoms with Crippen molar-refractivity contribution >= 4 is 5.78 Å². The van der Waals surface area contributed by atoms with Crippen LogP contribution in [0.25, 0.3) is 0 Å². The first-order valence-corrected chi connectivity index (χ1v) is 7.01. The highest BCUT2D eigenvalue weighted by Crippen LogP contribution is 2.70. The van der Waals surface area contributed by atoms with Crippen molar-refractivity contribution in [3.63, 3.8) is 0 Å². The summed E-state index contributed by atoms with van der Waals surface area (Å²) < 4.78 is 0. The van der Waals surface area contributed by atoms with E-state index in [2.05, 4.69) is 20.4 Å². The maximum absolute atomic E-state index is 11.8. The highest BCUT2D eigenvalue weighted by molar-refractivity contribution is 5.89. The second-order valence-electron chi connectivity index (χ2n) is 7.98. The van der Waals surface area contributed by atoms with Gasteiger partial charge in [-0.3, -0.25) is 4.79 Å². The largest absolute Gasteiger partial charge is 0.295 e. The first kappa shape index (κ1) is 11.5. The van der Waals surface area contributed by atoms with Gasteiger partial charge in [0.15, 0.2) is 5.78 Å². The number of carbonyl (C=O) groups is 1. The average Bonchev–Trinajstić information content (AvgIpc) is 2.10. The zero-order valence-electron chi connectivity index (χ0n) is 11.2. The van der Waals surface area contributed by atoms with Crippen molar-refractivity contribution in [2.24, 2.45) is 22.2 Å². The second-order valence-corrected chi connectivity index (χ2v) is 7.98. The molecule has 94 valence electrons. The Bertz CT molecular complexity index is 363. The molecule has 1 nitrogen and oxygen atoms in total. The number of hydrogen-bond acceptors (Lipinski definition) is 1. The molecule has 4 aliphatic rings. The molecule has 4 fully saturated rings. The fraction of sp³-hybridized carbons (Fsp3) is 0.812. The first-order chi connectivity index (χ1) is 7.86. The predicted octanol–water partition coefficient (Wildman–Crippen LogP) is 4.13. The van der Waals surface area contributed by atoms with E-state index in [1.807, 2.05) is 0 Å². The average molecular weight is 232 g/mol. The van der Waals surface area contributed by atoms with Crippen molar-refractivity contribution in [1.82, 2.24) is 0 Å². The Morgan fingerprint density at radius 2 is 1.76 bits per heavy atom. The molecule has 0 aromatic carbocycles. The quantitative estimate of drug-likeness (QED) is 0.669. The van der Waals surface area contributed by atoms with Crippen LogP contribution in [0, 0.1) is 22.2 Å². The third kappa shape index (κ3) is 1.78. The van der Waals surface area contributed by atoms with E-state index in [1.54, 1.807) is 0 Å². The molecule has 0 aromatic heterocycles. The monoisotopic (exact) mass is 232 g/mol. The van der Waals surface area contributed by atoms with Gasteiger partial charge in [0.1, 0.15) is 0 Å². The fourth-order valence-electron chi connectivity index (χ4n) is 6.32. The lowest BCUT2D eigenvalue weighted by atomic mass is 9.39. The van der Waals surface area contributed by atoms with Gasteiger partial charge in [-0.05, 0) is 66.8 Å². The Morgan fingerprint density at radius 3 is 2.24 bits per heavy atom. The van der Waals surface area contributed by atoms with Gasteiger partial charge < -0.3 is 0 Å². The van der Waals surface area contributed by atoms with Gasteiger partial charge in [0.25, 0.3) is 0 Å².